The van der Waals surface area contributed by atoms with E-state index in [4.69, 9.17) is 20.4 Å². The molecule has 0 rings (SSSR count). The molecule has 0 amide bonds. The first-order valence-corrected chi connectivity index (χ1v) is 3.30. The third-order valence-corrected chi connectivity index (χ3v) is 1.79. The van der Waals surface area contributed by atoms with Gasteiger partial charge >= 0.3 is 11.9 Å². The maximum Gasteiger partial charge on any atom is 0.332 e. The van der Waals surface area contributed by atoms with Crippen LogP contribution < -0.4 is 0 Å². The van der Waals surface area contributed by atoms with Crippen molar-refractivity contribution in [1.29, 1.82) is 0 Å². The van der Waals surface area contributed by atoms with Crippen LogP contribution in [0.4, 0.5) is 0 Å². The third kappa shape index (κ3) is 1.85. The SMILES string of the molecule is C=C(C(=O)O)C(CO)(CO)C(=O)O. The lowest BCUT2D eigenvalue weighted by molar-refractivity contribution is -0.154. The van der Waals surface area contributed by atoms with E-state index in [1.54, 1.807) is 0 Å². The van der Waals surface area contributed by atoms with Gasteiger partial charge in [-0.3, -0.25) is 4.79 Å². The van der Waals surface area contributed by atoms with Crippen LogP contribution in [0, 0.1) is 5.41 Å². The van der Waals surface area contributed by atoms with E-state index >= 15 is 0 Å². The Morgan fingerprint density at radius 1 is 1.15 bits per heavy atom. The number of carboxylic acids is 2. The molecule has 0 saturated heterocycles. The first kappa shape index (κ1) is 11.6. The highest BCUT2D eigenvalue weighted by Crippen LogP contribution is 2.25. The highest BCUT2D eigenvalue weighted by Gasteiger charge is 2.43. The number of aliphatic hydroxyl groups excluding tert-OH is 2. The van der Waals surface area contributed by atoms with E-state index in [0.29, 0.717) is 0 Å². The van der Waals surface area contributed by atoms with Crippen LogP contribution in [0.3, 0.4) is 0 Å². The summed E-state index contributed by atoms with van der Waals surface area (Å²) in [7, 11) is 0. The lowest BCUT2D eigenvalue weighted by Gasteiger charge is -2.24. The molecule has 0 bridgehead atoms. The van der Waals surface area contributed by atoms with Crippen molar-refractivity contribution < 1.29 is 30.0 Å². The highest BCUT2D eigenvalue weighted by atomic mass is 16.4. The lowest BCUT2D eigenvalue weighted by Crippen LogP contribution is -2.42. The fourth-order valence-corrected chi connectivity index (χ4v) is 0.710. The summed E-state index contributed by atoms with van der Waals surface area (Å²) in [5.41, 5.74) is -2.95. The Kier molecular flexibility index (Phi) is 3.58. The molecular formula is C7H10O6. The van der Waals surface area contributed by atoms with E-state index in [1.165, 1.54) is 0 Å². The van der Waals surface area contributed by atoms with Gasteiger partial charge in [-0.05, 0) is 0 Å². The van der Waals surface area contributed by atoms with Gasteiger partial charge in [-0.25, -0.2) is 4.79 Å². The summed E-state index contributed by atoms with van der Waals surface area (Å²) in [6, 6.07) is 0. The third-order valence-electron chi connectivity index (χ3n) is 1.79. The maximum absolute atomic E-state index is 10.6. The van der Waals surface area contributed by atoms with Crippen molar-refractivity contribution in [2.75, 3.05) is 13.2 Å². The van der Waals surface area contributed by atoms with Gasteiger partial charge in [0.2, 0.25) is 0 Å². The number of carbonyl (C=O) groups is 2. The van der Waals surface area contributed by atoms with Gasteiger partial charge in [0.15, 0.2) is 0 Å². The first-order chi connectivity index (χ1) is 5.92. The molecule has 0 aromatic carbocycles. The number of hydrogen-bond acceptors (Lipinski definition) is 4. The highest BCUT2D eigenvalue weighted by molar-refractivity contribution is 5.96. The second-order valence-corrected chi connectivity index (χ2v) is 2.49. The molecule has 0 radical (unpaired) electrons. The molecule has 6 heteroatoms. The Bertz CT molecular complexity index is 239. The first-order valence-electron chi connectivity index (χ1n) is 3.30. The van der Waals surface area contributed by atoms with Crippen LogP contribution in [-0.4, -0.2) is 45.6 Å². The fourth-order valence-electron chi connectivity index (χ4n) is 0.710. The van der Waals surface area contributed by atoms with Gasteiger partial charge in [0, 0.05) is 0 Å². The van der Waals surface area contributed by atoms with Gasteiger partial charge in [0.05, 0.1) is 18.8 Å². The average molecular weight is 190 g/mol. The zero-order valence-corrected chi connectivity index (χ0v) is 6.73. The molecule has 0 aliphatic rings. The monoisotopic (exact) mass is 190 g/mol. The second-order valence-electron chi connectivity index (χ2n) is 2.49. The largest absolute Gasteiger partial charge is 0.480 e. The zero-order valence-electron chi connectivity index (χ0n) is 6.73. The summed E-state index contributed by atoms with van der Waals surface area (Å²) < 4.78 is 0. The summed E-state index contributed by atoms with van der Waals surface area (Å²) in [4.78, 5) is 21.0. The minimum absolute atomic E-state index is 0.745. The van der Waals surface area contributed by atoms with Crippen LogP contribution in [0.2, 0.25) is 0 Å². The molecule has 0 unspecified atom stereocenters. The van der Waals surface area contributed by atoms with Crippen molar-refractivity contribution in [3.05, 3.63) is 12.2 Å². The number of rotatable bonds is 5. The topological polar surface area (TPSA) is 115 Å². The Labute approximate surface area is 73.7 Å². The Hall–Kier alpha value is -1.40. The van der Waals surface area contributed by atoms with Crippen molar-refractivity contribution >= 4 is 11.9 Å². The fraction of sp³-hybridized carbons (Fsp3) is 0.429. The predicted octanol–water partition coefficient (Wildman–Crippen LogP) is -1.32. The van der Waals surface area contributed by atoms with Crippen molar-refractivity contribution in [3.63, 3.8) is 0 Å². The normalized spacial score (nSPS) is 10.9. The van der Waals surface area contributed by atoms with Gasteiger partial charge < -0.3 is 20.4 Å². The molecule has 6 nitrogen and oxygen atoms in total. The van der Waals surface area contributed by atoms with Gasteiger partial charge in [0.1, 0.15) is 5.41 Å². The summed E-state index contributed by atoms with van der Waals surface area (Å²) in [5, 5.41) is 34.4. The zero-order chi connectivity index (χ0) is 10.6. The van der Waals surface area contributed by atoms with Crippen LogP contribution in [0.15, 0.2) is 12.2 Å². The van der Waals surface area contributed by atoms with Crippen molar-refractivity contribution in [2.24, 2.45) is 5.41 Å². The van der Waals surface area contributed by atoms with E-state index in [-0.39, 0.29) is 0 Å². The average Bonchev–Trinajstić information content (AvgIpc) is 2.06. The van der Waals surface area contributed by atoms with E-state index in [2.05, 4.69) is 6.58 Å². The Balaban J connectivity index is 5.10. The Morgan fingerprint density at radius 2 is 1.54 bits per heavy atom. The molecule has 0 spiro atoms. The van der Waals surface area contributed by atoms with Gasteiger partial charge in [-0.1, -0.05) is 6.58 Å². The minimum atomic E-state index is -2.20. The van der Waals surface area contributed by atoms with Crippen LogP contribution in [0.25, 0.3) is 0 Å². The quantitative estimate of drug-likeness (QED) is 0.400. The van der Waals surface area contributed by atoms with Crippen molar-refractivity contribution in [3.8, 4) is 0 Å². The molecule has 0 saturated carbocycles. The van der Waals surface area contributed by atoms with Crippen LogP contribution >= 0.6 is 0 Å². The molecule has 0 aliphatic carbocycles. The number of aliphatic carboxylic acids is 2. The summed E-state index contributed by atoms with van der Waals surface area (Å²) in [5.74, 6) is -3.18. The minimum Gasteiger partial charge on any atom is -0.480 e. The van der Waals surface area contributed by atoms with Crippen LogP contribution in [0.1, 0.15) is 0 Å². The van der Waals surface area contributed by atoms with Crippen molar-refractivity contribution in [1.82, 2.24) is 0 Å². The number of carboxylic acid groups (broad SMARTS) is 2. The number of hydrogen-bond donors (Lipinski definition) is 4. The van der Waals surface area contributed by atoms with Crippen molar-refractivity contribution in [2.45, 2.75) is 0 Å². The summed E-state index contributed by atoms with van der Waals surface area (Å²) in [6.45, 7) is 0.969. The summed E-state index contributed by atoms with van der Waals surface area (Å²) >= 11 is 0. The van der Waals surface area contributed by atoms with E-state index in [9.17, 15) is 9.59 Å². The van der Waals surface area contributed by atoms with Gasteiger partial charge in [0.25, 0.3) is 0 Å². The number of aliphatic hydroxyl groups is 2. The summed E-state index contributed by atoms with van der Waals surface area (Å²) in [6.07, 6.45) is 0. The molecule has 0 heterocycles. The smallest absolute Gasteiger partial charge is 0.332 e. The lowest BCUT2D eigenvalue weighted by atomic mass is 9.82. The van der Waals surface area contributed by atoms with Gasteiger partial charge in [-0.15, -0.1) is 0 Å². The maximum atomic E-state index is 10.6. The van der Waals surface area contributed by atoms with Gasteiger partial charge in [-0.2, -0.15) is 0 Å². The molecular weight excluding hydrogens is 180 g/mol. The molecule has 13 heavy (non-hydrogen) atoms. The van der Waals surface area contributed by atoms with E-state index < -0.39 is 36.1 Å². The van der Waals surface area contributed by atoms with Crippen LogP contribution in [-0.2, 0) is 9.59 Å². The predicted molar refractivity (Wildman–Crippen MR) is 41.0 cm³/mol. The molecule has 0 aromatic rings. The molecule has 0 fully saturated rings. The van der Waals surface area contributed by atoms with Crippen LogP contribution in [0.5, 0.6) is 0 Å². The molecule has 4 N–H and O–H groups in total. The molecule has 0 atom stereocenters. The Morgan fingerprint density at radius 3 is 1.62 bits per heavy atom. The molecule has 0 aromatic heterocycles. The van der Waals surface area contributed by atoms with E-state index in [1.807, 2.05) is 0 Å². The molecule has 74 valence electrons. The standard InChI is InChI=1S/C7H10O6/c1-4(5(10)11)7(2-8,3-9)6(12)13/h8-9H,1-3H2,(H,10,11)(H,12,13). The second kappa shape index (κ2) is 4.01. The van der Waals surface area contributed by atoms with E-state index in [0.717, 1.165) is 0 Å². The molecule has 0 aliphatic heterocycles.